The Morgan fingerprint density at radius 3 is 2.61 bits per heavy atom. The summed E-state index contributed by atoms with van der Waals surface area (Å²) in [5, 5.41) is 3.42. The van der Waals surface area contributed by atoms with Gasteiger partial charge in [-0.2, -0.15) is 0 Å². The Bertz CT molecular complexity index is 361. The van der Waals surface area contributed by atoms with Crippen molar-refractivity contribution in [3.8, 4) is 5.75 Å². The molecular weight excluding hydrogens is 226 g/mol. The van der Waals surface area contributed by atoms with Gasteiger partial charge in [-0.1, -0.05) is 19.1 Å². The molecule has 1 aliphatic heterocycles. The Morgan fingerprint density at radius 2 is 2.00 bits per heavy atom. The smallest absolute Gasteiger partial charge is 0.119 e. The van der Waals surface area contributed by atoms with Crippen molar-refractivity contribution < 1.29 is 9.47 Å². The maximum absolute atomic E-state index is 6.04. The van der Waals surface area contributed by atoms with Gasteiger partial charge < -0.3 is 14.8 Å². The summed E-state index contributed by atoms with van der Waals surface area (Å²) in [6, 6.07) is 8.24. The number of hydrogen-bond donors (Lipinski definition) is 1. The average molecular weight is 249 g/mol. The number of hydrogen-bond acceptors (Lipinski definition) is 3. The van der Waals surface area contributed by atoms with Crippen LogP contribution in [0.4, 0.5) is 0 Å². The summed E-state index contributed by atoms with van der Waals surface area (Å²) in [7, 11) is 0. The largest absolute Gasteiger partial charge is 0.491 e. The third kappa shape index (κ3) is 3.47. The number of nitrogens with one attached hydrogen (secondary N) is 1. The van der Waals surface area contributed by atoms with Crippen LogP contribution in [0, 0.1) is 0 Å². The molecule has 1 N–H and O–H groups in total. The van der Waals surface area contributed by atoms with Crippen LogP contribution in [0.3, 0.4) is 0 Å². The van der Waals surface area contributed by atoms with Crippen molar-refractivity contribution in [3.63, 3.8) is 0 Å². The molecule has 0 saturated carbocycles. The van der Waals surface area contributed by atoms with E-state index in [2.05, 4.69) is 24.4 Å². The molecular formula is C15H23NO2. The van der Waals surface area contributed by atoms with Gasteiger partial charge in [0, 0.05) is 13.1 Å². The van der Waals surface area contributed by atoms with E-state index in [4.69, 9.17) is 9.47 Å². The van der Waals surface area contributed by atoms with E-state index >= 15 is 0 Å². The second-order valence-electron chi connectivity index (χ2n) is 5.05. The van der Waals surface area contributed by atoms with Crippen LogP contribution in [0.2, 0.25) is 0 Å². The average Bonchev–Trinajstić information content (AvgIpc) is 2.39. The lowest BCUT2D eigenvalue weighted by Crippen LogP contribution is -2.40. The van der Waals surface area contributed by atoms with E-state index < -0.39 is 0 Å². The van der Waals surface area contributed by atoms with Gasteiger partial charge in [0.05, 0.1) is 18.3 Å². The van der Waals surface area contributed by atoms with Crippen LogP contribution in [0.15, 0.2) is 24.3 Å². The quantitative estimate of drug-likeness (QED) is 0.890. The fraction of sp³-hybridized carbons (Fsp3) is 0.600. The van der Waals surface area contributed by atoms with Gasteiger partial charge in [-0.3, -0.25) is 0 Å². The molecule has 0 radical (unpaired) electrons. The molecule has 0 aliphatic carbocycles. The van der Waals surface area contributed by atoms with E-state index in [1.54, 1.807) is 0 Å². The normalized spacial score (nSPS) is 24.2. The molecule has 1 aromatic carbocycles. The summed E-state index contributed by atoms with van der Waals surface area (Å²) in [5.41, 5.74) is 1.22. The highest BCUT2D eigenvalue weighted by atomic mass is 16.5. The third-order valence-corrected chi connectivity index (χ3v) is 3.14. The van der Waals surface area contributed by atoms with E-state index in [1.807, 2.05) is 26.0 Å². The van der Waals surface area contributed by atoms with Gasteiger partial charge in [-0.25, -0.2) is 0 Å². The van der Waals surface area contributed by atoms with Gasteiger partial charge in [-0.05, 0) is 38.0 Å². The molecule has 0 amide bonds. The molecule has 100 valence electrons. The fourth-order valence-corrected chi connectivity index (χ4v) is 2.17. The van der Waals surface area contributed by atoms with Crippen molar-refractivity contribution in [2.75, 3.05) is 13.1 Å². The van der Waals surface area contributed by atoms with Crippen LogP contribution in [0.25, 0.3) is 0 Å². The highest BCUT2D eigenvalue weighted by Gasteiger charge is 2.21. The second kappa shape index (κ2) is 6.21. The van der Waals surface area contributed by atoms with Crippen LogP contribution in [-0.4, -0.2) is 25.3 Å². The first kappa shape index (κ1) is 13.4. The molecule has 1 aromatic rings. The molecule has 0 bridgehead atoms. The first-order valence-electron chi connectivity index (χ1n) is 6.81. The van der Waals surface area contributed by atoms with E-state index in [9.17, 15) is 0 Å². The Hall–Kier alpha value is -1.06. The summed E-state index contributed by atoms with van der Waals surface area (Å²) in [4.78, 5) is 0. The lowest BCUT2D eigenvalue weighted by molar-refractivity contribution is -0.0400. The molecule has 2 rings (SSSR count). The van der Waals surface area contributed by atoms with Gasteiger partial charge in [0.2, 0.25) is 0 Å². The Morgan fingerprint density at radius 1 is 1.28 bits per heavy atom. The monoisotopic (exact) mass is 249 g/mol. The van der Waals surface area contributed by atoms with E-state index in [0.717, 1.165) is 25.3 Å². The summed E-state index contributed by atoms with van der Waals surface area (Å²) in [6.45, 7) is 8.08. The Kier molecular flexibility index (Phi) is 4.61. The van der Waals surface area contributed by atoms with Crippen molar-refractivity contribution in [1.82, 2.24) is 5.32 Å². The zero-order valence-electron chi connectivity index (χ0n) is 11.5. The first-order valence-corrected chi connectivity index (χ1v) is 6.81. The maximum Gasteiger partial charge on any atom is 0.119 e. The topological polar surface area (TPSA) is 30.5 Å². The summed E-state index contributed by atoms with van der Waals surface area (Å²) >= 11 is 0. The maximum atomic E-state index is 6.04. The standard InChI is InChI=1S/C15H23NO2/c1-4-13-9-16-10-15(18-13)12-5-7-14(8-6-12)17-11(2)3/h5-8,11,13,15-16H,4,9-10H2,1-3H3. The minimum atomic E-state index is 0.164. The van der Waals surface area contributed by atoms with Crippen LogP contribution >= 0.6 is 0 Å². The molecule has 0 spiro atoms. The van der Waals surface area contributed by atoms with E-state index in [1.165, 1.54) is 5.56 Å². The Balaban J connectivity index is 2.00. The summed E-state index contributed by atoms with van der Waals surface area (Å²) in [6.07, 6.45) is 1.76. The van der Waals surface area contributed by atoms with Gasteiger partial charge in [0.25, 0.3) is 0 Å². The fourth-order valence-electron chi connectivity index (χ4n) is 2.17. The van der Waals surface area contributed by atoms with Crippen molar-refractivity contribution in [2.24, 2.45) is 0 Å². The van der Waals surface area contributed by atoms with E-state index in [-0.39, 0.29) is 12.2 Å². The number of benzene rings is 1. The molecule has 18 heavy (non-hydrogen) atoms. The Labute approximate surface area is 109 Å². The zero-order chi connectivity index (χ0) is 13.0. The van der Waals surface area contributed by atoms with Crippen molar-refractivity contribution in [2.45, 2.75) is 45.5 Å². The number of rotatable bonds is 4. The molecule has 1 saturated heterocycles. The van der Waals surface area contributed by atoms with Crippen LogP contribution < -0.4 is 10.1 Å². The van der Waals surface area contributed by atoms with Crippen LogP contribution in [-0.2, 0) is 4.74 Å². The SMILES string of the molecule is CCC1CNCC(c2ccc(OC(C)C)cc2)O1. The predicted octanol–water partition coefficient (Wildman–Crippen LogP) is 2.91. The molecule has 1 heterocycles. The van der Waals surface area contributed by atoms with Crippen molar-refractivity contribution >= 4 is 0 Å². The molecule has 0 aromatic heterocycles. The van der Waals surface area contributed by atoms with Crippen LogP contribution in [0.5, 0.6) is 5.75 Å². The van der Waals surface area contributed by atoms with Crippen molar-refractivity contribution in [1.29, 1.82) is 0 Å². The number of ether oxygens (including phenoxy) is 2. The highest BCUT2D eigenvalue weighted by molar-refractivity contribution is 5.29. The molecule has 3 nitrogen and oxygen atoms in total. The van der Waals surface area contributed by atoms with Gasteiger partial charge in [-0.15, -0.1) is 0 Å². The van der Waals surface area contributed by atoms with Crippen molar-refractivity contribution in [3.05, 3.63) is 29.8 Å². The zero-order valence-corrected chi connectivity index (χ0v) is 11.5. The lowest BCUT2D eigenvalue weighted by Gasteiger charge is -2.30. The highest BCUT2D eigenvalue weighted by Crippen LogP contribution is 2.24. The number of morpholine rings is 1. The second-order valence-corrected chi connectivity index (χ2v) is 5.05. The minimum absolute atomic E-state index is 0.164. The molecule has 2 unspecified atom stereocenters. The summed E-state index contributed by atoms with van der Waals surface area (Å²) in [5.74, 6) is 0.921. The van der Waals surface area contributed by atoms with Crippen LogP contribution in [0.1, 0.15) is 38.9 Å². The first-order chi connectivity index (χ1) is 8.69. The van der Waals surface area contributed by atoms with Gasteiger partial charge >= 0.3 is 0 Å². The summed E-state index contributed by atoms with van der Waals surface area (Å²) < 4.78 is 11.7. The molecule has 2 atom stereocenters. The third-order valence-electron chi connectivity index (χ3n) is 3.14. The molecule has 1 fully saturated rings. The lowest BCUT2D eigenvalue weighted by atomic mass is 10.1. The minimum Gasteiger partial charge on any atom is -0.491 e. The van der Waals surface area contributed by atoms with Gasteiger partial charge in [0.15, 0.2) is 0 Å². The molecule has 1 aliphatic rings. The van der Waals surface area contributed by atoms with Gasteiger partial charge in [0.1, 0.15) is 5.75 Å². The molecule has 3 heteroatoms. The van der Waals surface area contributed by atoms with E-state index in [0.29, 0.717) is 6.10 Å². The predicted molar refractivity (Wildman–Crippen MR) is 73.0 cm³/mol.